The van der Waals surface area contributed by atoms with Crippen LogP contribution in [-0.2, 0) is 4.79 Å². The van der Waals surface area contributed by atoms with Gasteiger partial charge in [-0.05, 0) is 31.1 Å². The summed E-state index contributed by atoms with van der Waals surface area (Å²) in [5.74, 6) is -0.00853. The van der Waals surface area contributed by atoms with Crippen molar-refractivity contribution in [3.8, 4) is 0 Å². The van der Waals surface area contributed by atoms with Gasteiger partial charge in [0.05, 0.1) is 0 Å². The smallest absolute Gasteiger partial charge is 0.158 e. The monoisotopic (exact) mass is 284 g/mol. The zero-order valence-corrected chi connectivity index (χ0v) is 14.0. The van der Waals surface area contributed by atoms with Crippen molar-refractivity contribution in [2.75, 3.05) is 6.61 Å². The number of ketones is 1. The van der Waals surface area contributed by atoms with Gasteiger partial charge in [-0.3, -0.25) is 4.79 Å². The number of rotatable bonds is 14. The molecule has 2 heteroatoms. The van der Waals surface area contributed by atoms with Crippen molar-refractivity contribution < 1.29 is 9.90 Å². The molecule has 0 aromatic carbocycles. The van der Waals surface area contributed by atoms with Gasteiger partial charge in [0.25, 0.3) is 0 Å². The number of hydrogen-bond donors (Lipinski definition) is 1. The second-order valence-electron chi connectivity index (χ2n) is 6.63. The van der Waals surface area contributed by atoms with Crippen LogP contribution in [0.3, 0.4) is 0 Å². The fourth-order valence-electron chi connectivity index (χ4n) is 2.93. The van der Waals surface area contributed by atoms with Gasteiger partial charge in [-0.25, -0.2) is 0 Å². The van der Waals surface area contributed by atoms with Crippen molar-refractivity contribution in [3.63, 3.8) is 0 Å². The van der Waals surface area contributed by atoms with Crippen LogP contribution in [0.4, 0.5) is 0 Å². The van der Waals surface area contributed by atoms with E-state index in [1.54, 1.807) is 0 Å². The summed E-state index contributed by atoms with van der Waals surface area (Å²) < 4.78 is 0. The lowest BCUT2D eigenvalue weighted by Gasteiger charge is -2.30. The Kier molecular flexibility index (Phi) is 12.1. The van der Waals surface area contributed by atoms with Crippen molar-refractivity contribution in [1.29, 1.82) is 0 Å². The average Bonchev–Trinajstić information content (AvgIpc) is 2.45. The van der Waals surface area contributed by atoms with Gasteiger partial charge in [-0.15, -0.1) is 0 Å². The van der Waals surface area contributed by atoms with Gasteiger partial charge in [-0.2, -0.15) is 0 Å². The molecule has 0 saturated carbocycles. The van der Waals surface area contributed by atoms with E-state index in [-0.39, 0.29) is 12.4 Å². The third-order valence-corrected chi connectivity index (χ3v) is 4.43. The second-order valence-corrected chi connectivity index (χ2v) is 6.63. The molecule has 0 amide bonds. The Morgan fingerprint density at radius 3 is 2.00 bits per heavy atom. The normalized spacial score (nSPS) is 14.2. The Morgan fingerprint density at radius 1 is 0.850 bits per heavy atom. The Bertz CT molecular complexity index is 238. The molecule has 1 unspecified atom stereocenters. The van der Waals surface area contributed by atoms with Crippen molar-refractivity contribution in [2.45, 2.75) is 97.8 Å². The molecule has 20 heavy (non-hydrogen) atoms. The molecule has 0 aromatic heterocycles. The largest absolute Gasteiger partial charge is 0.389 e. The summed E-state index contributed by atoms with van der Waals surface area (Å²) in [6.07, 6.45) is 14.4. The predicted molar refractivity (Wildman–Crippen MR) is 87.0 cm³/mol. The fourth-order valence-corrected chi connectivity index (χ4v) is 2.93. The quantitative estimate of drug-likeness (QED) is 0.441. The number of aliphatic hydroxyl groups is 1. The van der Waals surface area contributed by atoms with Crippen LogP contribution in [0.25, 0.3) is 0 Å². The fraction of sp³-hybridized carbons (Fsp3) is 0.944. The minimum atomic E-state index is -0.289. The van der Waals surface area contributed by atoms with Gasteiger partial charge in [0, 0.05) is 6.42 Å². The van der Waals surface area contributed by atoms with E-state index in [4.69, 9.17) is 5.11 Å². The van der Waals surface area contributed by atoms with Crippen molar-refractivity contribution in [3.05, 3.63) is 0 Å². The van der Waals surface area contributed by atoms with Crippen LogP contribution >= 0.6 is 0 Å². The van der Waals surface area contributed by atoms with E-state index in [9.17, 15) is 4.79 Å². The van der Waals surface area contributed by atoms with E-state index in [0.29, 0.717) is 11.8 Å². The zero-order chi connectivity index (χ0) is 15.3. The van der Waals surface area contributed by atoms with Crippen molar-refractivity contribution in [2.24, 2.45) is 5.41 Å². The maximum absolute atomic E-state index is 11.2. The number of hydrogen-bond acceptors (Lipinski definition) is 2. The van der Waals surface area contributed by atoms with Crippen LogP contribution in [0.1, 0.15) is 97.8 Å². The Morgan fingerprint density at radius 2 is 1.40 bits per heavy atom. The highest BCUT2D eigenvalue weighted by atomic mass is 16.3. The molecule has 0 spiro atoms. The molecule has 0 radical (unpaired) electrons. The van der Waals surface area contributed by atoms with Crippen LogP contribution < -0.4 is 0 Å². The van der Waals surface area contributed by atoms with Gasteiger partial charge in [-0.1, -0.05) is 65.7 Å². The van der Waals surface area contributed by atoms with Crippen molar-refractivity contribution in [1.82, 2.24) is 0 Å². The molecule has 0 fully saturated rings. The standard InChI is InChI=1S/C18H36O2/c1-4-6-8-9-10-14-18(3,13-7-5-2)15-11-12-17(20)16-19/h19H,4-16H2,1-3H3. The summed E-state index contributed by atoms with van der Waals surface area (Å²) in [6.45, 7) is 6.61. The first-order valence-electron chi connectivity index (χ1n) is 8.70. The minimum Gasteiger partial charge on any atom is -0.389 e. The molecule has 0 aromatic rings. The highest BCUT2D eigenvalue weighted by Crippen LogP contribution is 2.36. The molecule has 0 aliphatic rings. The van der Waals surface area contributed by atoms with Crippen molar-refractivity contribution >= 4 is 5.78 Å². The first kappa shape index (κ1) is 19.6. The number of unbranched alkanes of at least 4 members (excludes halogenated alkanes) is 5. The molecule has 1 N–H and O–H groups in total. The van der Waals surface area contributed by atoms with Crippen LogP contribution in [0.2, 0.25) is 0 Å². The first-order valence-corrected chi connectivity index (χ1v) is 8.70. The molecule has 0 aliphatic heterocycles. The number of aliphatic hydroxyl groups excluding tert-OH is 1. The lowest BCUT2D eigenvalue weighted by atomic mass is 9.76. The van der Waals surface area contributed by atoms with Gasteiger partial charge < -0.3 is 5.11 Å². The van der Waals surface area contributed by atoms with Crippen LogP contribution in [-0.4, -0.2) is 17.5 Å². The number of carbonyl (C=O) groups is 1. The zero-order valence-electron chi connectivity index (χ0n) is 14.0. The van der Waals surface area contributed by atoms with E-state index in [2.05, 4.69) is 20.8 Å². The summed E-state index contributed by atoms with van der Waals surface area (Å²) in [4.78, 5) is 11.2. The summed E-state index contributed by atoms with van der Waals surface area (Å²) in [5, 5.41) is 8.78. The topological polar surface area (TPSA) is 37.3 Å². The SMILES string of the molecule is CCCCCCCC(C)(CCCC)CCCC(=O)CO. The first-order chi connectivity index (χ1) is 9.58. The van der Waals surface area contributed by atoms with E-state index in [1.807, 2.05) is 0 Å². The number of Topliss-reactive ketones (excluding diaryl/α,β-unsaturated/α-hetero) is 1. The van der Waals surface area contributed by atoms with Gasteiger partial charge in [0.15, 0.2) is 5.78 Å². The lowest BCUT2D eigenvalue weighted by Crippen LogP contribution is -2.17. The van der Waals surface area contributed by atoms with Gasteiger partial charge in [0.2, 0.25) is 0 Å². The molecule has 1 atom stereocenters. The molecule has 0 saturated heterocycles. The maximum Gasteiger partial charge on any atom is 0.158 e. The molecule has 0 rings (SSSR count). The molecule has 120 valence electrons. The highest BCUT2D eigenvalue weighted by molar-refractivity contribution is 5.79. The summed E-state index contributed by atoms with van der Waals surface area (Å²) in [7, 11) is 0. The van der Waals surface area contributed by atoms with E-state index in [1.165, 1.54) is 57.8 Å². The van der Waals surface area contributed by atoms with E-state index in [0.717, 1.165) is 12.8 Å². The highest BCUT2D eigenvalue weighted by Gasteiger charge is 2.22. The molecular formula is C18H36O2. The summed E-state index contributed by atoms with van der Waals surface area (Å²) in [5.41, 5.74) is 0.401. The van der Waals surface area contributed by atoms with E-state index < -0.39 is 0 Å². The minimum absolute atomic E-state index is 0.00853. The average molecular weight is 284 g/mol. The molecule has 2 nitrogen and oxygen atoms in total. The summed E-state index contributed by atoms with van der Waals surface area (Å²) >= 11 is 0. The Hall–Kier alpha value is -0.370. The molecule has 0 heterocycles. The maximum atomic E-state index is 11.2. The lowest BCUT2D eigenvalue weighted by molar-refractivity contribution is -0.121. The van der Waals surface area contributed by atoms with E-state index >= 15 is 0 Å². The number of carbonyl (C=O) groups excluding carboxylic acids is 1. The predicted octanol–water partition coefficient (Wildman–Crippen LogP) is 5.28. The van der Waals surface area contributed by atoms with Crippen LogP contribution in [0.5, 0.6) is 0 Å². The van der Waals surface area contributed by atoms with Crippen LogP contribution in [0.15, 0.2) is 0 Å². The third kappa shape index (κ3) is 10.4. The third-order valence-electron chi connectivity index (χ3n) is 4.43. The van der Waals surface area contributed by atoms with Crippen LogP contribution in [0, 0.1) is 5.41 Å². The Labute approximate surface area is 126 Å². The van der Waals surface area contributed by atoms with Gasteiger partial charge in [0.1, 0.15) is 6.61 Å². The Balaban J connectivity index is 4.03. The molecule has 0 bridgehead atoms. The van der Waals surface area contributed by atoms with Gasteiger partial charge >= 0.3 is 0 Å². The molecule has 0 aliphatic carbocycles. The second kappa shape index (κ2) is 12.4. The molecular weight excluding hydrogens is 248 g/mol. The summed E-state index contributed by atoms with van der Waals surface area (Å²) in [6, 6.07) is 0.